The number of carbonyl (C=O) groups is 1. The van der Waals surface area contributed by atoms with Crippen molar-refractivity contribution in [2.75, 3.05) is 25.1 Å². The van der Waals surface area contributed by atoms with E-state index in [1.165, 1.54) is 0 Å². The van der Waals surface area contributed by atoms with Crippen molar-refractivity contribution in [3.8, 4) is 11.8 Å². The molecule has 0 saturated carbocycles. The SMILES string of the molecule is CSCCCCNC(=O)c1cc(C#CCN)ccc1C. The van der Waals surface area contributed by atoms with Crippen molar-refractivity contribution < 1.29 is 4.79 Å². The molecule has 0 radical (unpaired) electrons. The van der Waals surface area contributed by atoms with Crippen LogP contribution in [-0.2, 0) is 0 Å². The third kappa shape index (κ3) is 5.68. The second-order valence-corrected chi connectivity index (χ2v) is 5.48. The summed E-state index contributed by atoms with van der Waals surface area (Å²) in [4.78, 5) is 12.1. The summed E-state index contributed by atoms with van der Waals surface area (Å²) in [6, 6.07) is 5.66. The Morgan fingerprint density at radius 2 is 2.20 bits per heavy atom. The van der Waals surface area contributed by atoms with E-state index in [2.05, 4.69) is 23.4 Å². The molecule has 0 aliphatic carbocycles. The first-order valence-electron chi connectivity index (χ1n) is 6.75. The molecule has 1 amide bonds. The van der Waals surface area contributed by atoms with Crippen LogP contribution in [0.25, 0.3) is 0 Å². The van der Waals surface area contributed by atoms with Gasteiger partial charge in [0, 0.05) is 17.7 Å². The molecular weight excluding hydrogens is 268 g/mol. The van der Waals surface area contributed by atoms with Crippen LogP contribution in [-0.4, -0.2) is 31.0 Å². The molecule has 0 fully saturated rings. The Labute approximate surface area is 125 Å². The van der Waals surface area contributed by atoms with E-state index < -0.39 is 0 Å². The van der Waals surface area contributed by atoms with E-state index in [4.69, 9.17) is 5.73 Å². The van der Waals surface area contributed by atoms with Crippen molar-refractivity contribution in [2.24, 2.45) is 5.73 Å². The minimum atomic E-state index is -0.0250. The molecule has 1 aromatic rings. The number of hydrogen-bond donors (Lipinski definition) is 2. The Morgan fingerprint density at radius 3 is 2.90 bits per heavy atom. The van der Waals surface area contributed by atoms with Crippen LogP contribution in [0, 0.1) is 18.8 Å². The molecule has 0 saturated heterocycles. The molecule has 0 spiro atoms. The average Bonchev–Trinajstić information content (AvgIpc) is 2.46. The van der Waals surface area contributed by atoms with Crippen molar-refractivity contribution in [1.29, 1.82) is 0 Å². The molecule has 3 N–H and O–H groups in total. The van der Waals surface area contributed by atoms with Gasteiger partial charge in [-0.1, -0.05) is 17.9 Å². The molecule has 1 rings (SSSR count). The summed E-state index contributed by atoms with van der Waals surface area (Å²) in [7, 11) is 0. The molecule has 0 bridgehead atoms. The third-order valence-corrected chi connectivity index (χ3v) is 3.57. The van der Waals surface area contributed by atoms with Gasteiger partial charge < -0.3 is 11.1 Å². The van der Waals surface area contributed by atoms with E-state index in [-0.39, 0.29) is 5.91 Å². The Balaban J connectivity index is 2.62. The summed E-state index contributed by atoms with van der Waals surface area (Å²) in [6.07, 6.45) is 4.23. The van der Waals surface area contributed by atoms with Gasteiger partial charge in [-0.3, -0.25) is 4.79 Å². The van der Waals surface area contributed by atoms with Crippen LogP contribution in [0.3, 0.4) is 0 Å². The number of nitrogens with one attached hydrogen (secondary N) is 1. The molecule has 0 atom stereocenters. The van der Waals surface area contributed by atoms with Crippen molar-refractivity contribution in [2.45, 2.75) is 19.8 Å². The van der Waals surface area contributed by atoms with Gasteiger partial charge in [-0.15, -0.1) is 0 Å². The first kappa shape index (κ1) is 16.6. The highest BCUT2D eigenvalue weighted by molar-refractivity contribution is 7.98. The zero-order valence-corrected chi connectivity index (χ0v) is 13.0. The molecule has 0 aromatic heterocycles. The predicted octanol–water partition coefficient (Wildman–Crippen LogP) is 2.18. The van der Waals surface area contributed by atoms with Crippen molar-refractivity contribution in [1.82, 2.24) is 5.32 Å². The lowest BCUT2D eigenvalue weighted by Gasteiger charge is -2.08. The minimum Gasteiger partial charge on any atom is -0.352 e. The molecule has 20 heavy (non-hydrogen) atoms. The summed E-state index contributed by atoms with van der Waals surface area (Å²) >= 11 is 1.83. The molecule has 0 unspecified atom stereocenters. The van der Waals surface area contributed by atoms with E-state index in [0.29, 0.717) is 12.1 Å². The Morgan fingerprint density at radius 1 is 1.40 bits per heavy atom. The normalized spacial score (nSPS) is 9.75. The summed E-state index contributed by atoms with van der Waals surface area (Å²) in [5, 5.41) is 2.96. The summed E-state index contributed by atoms with van der Waals surface area (Å²) in [5.74, 6) is 6.87. The number of aryl methyl sites for hydroxylation is 1. The van der Waals surface area contributed by atoms with Crippen LogP contribution in [0.1, 0.15) is 34.3 Å². The maximum Gasteiger partial charge on any atom is 0.251 e. The van der Waals surface area contributed by atoms with Gasteiger partial charge in [0.15, 0.2) is 0 Å². The third-order valence-electron chi connectivity index (χ3n) is 2.88. The Hall–Kier alpha value is -1.44. The fraction of sp³-hybridized carbons (Fsp3) is 0.438. The van der Waals surface area contributed by atoms with Gasteiger partial charge in [0.2, 0.25) is 0 Å². The number of hydrogen-bond acceptors (Lipinski definition) is 3. The fourth-order valence-corrected chi connectivity index (χ4v) is 2.26. The molecule has 1 aromatic carbocycles. The number of unbranched alkanes of at least 4 members (excludes halogenated alkanes) is 1. The highest BCUT2D eigenvalue weighted by Crippen LogP contribution is 2.10. The summed E-state index contributed by atoms with van der Waals surface area (Å²) < 4.78 is 0. The van der Waals surface area contributed by atoms with Crippen LogP contribution in [0.15, 0.2) is 18.2 Å². The van der Waals surface area contributed by atoms with Crippen LogP contribution in [0.2, 0.25) is 0 Å². The monoisotopic (exact) mass is 290 g/mol. The number of amides is 1. The molecule has 4 heteroatoms. The number of nitrogens with two attached hydrogens (primary N) is 1. The van der Waals surface area contributed by atoms with Crippen LogP contribution < -0.4 is 11.1 Å². The average molecular weight is 290 g/mol. The quantitative estimate of drug-likeness (QED) is 0.624. The van der Waals surface area contributed by atoms with E-state index in [0.717, 1.165) is 36.3 Å². The van der Waals surface area contributed by atoms with Gasteiger partial charge in [0.25, 0.3) is 5.91 Å². The lowest BCUT2D eigenvalue weighted by atomic mass is 10.0. The van der Waals surface area contributed by atoms with Crippen LogP contribution in [0.5, 0.6) is 0 Å². The van der Waals surface area contributed by atoms with E-state index in [9.17, 15) is 4.79 Å². The topological polar surface area (TPSA) is 55.1 Å². The van der Waals surface area contributed by atoms with Crippen LogP contribution in [0.4, 0.5) is 0 Å². The molecule has 3 nitrogen and oxygen atoms in total. The van der Waals surface area contributed by atoms with Crippen molar-refractivity contribution >= 4 is 17.7 Å². The Kier molecular flexibility index (Phi) is 7.86. The lowest BCUT2D eigenvalue weighted by Crippen LogP contribution is -2.25. The fourth-order valence-electron chi connectivity index (χ4n) is 1.77. The lowest BCUT2D eigenvalue weighted by molar-refractivity contribution is 0.0952. The highest BCUT2D eigenvalue weighted by Gasteiger charge is 2.08. The smallest absolute Gasteiger partial charge is 0.251 e. The van der Waals surface area contributed by atoms with Gasteiger partial charge in [-0.25, -0.2) is 0 Å². The molecular formula is C16H22N2OS. The largest absolute Gasteiger partial charge is 0.352 e. The second-order valence-electron chi connectivity index (χ2n) is 4.49. The van der Waals surface area contributed by atoms with Crippen molar-refractivity contribution in [3.63, 3.8) is 0 Å². The van der Waals surface area contributed by atoms with E-state index in [1.54, 1.807) is 0 Å². The second kappa shape index (κ2) is 9.46. The molecule has 108 valence electrons. The predicted molar refractivity (Wildman–Crippen MR) is 87.1 cm³/mol. The number of benzene rings is 1. The van der Waals surface area contributed by atoms with E-state index >= 15 is 0 Å². The van der Waals surface area contributed by atoms with Crippen molar-refractivity contribution in [3.05, 3.63) is 34.9 Å². The number of carbonyl (C=O) groups excluding carboxylic acids is 1. The number of rotatable bonds is 6. The first-order chi connectivity index (χ1) is 9.69. The summed E-state index contributed by atoms with van der Waals surface area (Å²) in [5.41, 5.74) is 7.84. The van der Waals surface area contributed by atoms with E-state index in [1.807, 2.05) is 36.9 Å². The van der Waals surface area contributed by atoms with Gasteiger partial charge in [-0.2, -0.15) is 11.8 Å². The Bertz CT molecular complexity index is 503. The maximum absolute atomic E-state index is 12.1. The maximum atomic E-state index is 12.1. The molecule has 0 heterocycles. The van der Waals surface area contributed by atoms with Gasteiger partial charge in [0.05, 0.1) is 6.54 Å². The first-order valence-corrected chi connectivity index (χ1v) is 8.15. The standard InChI is InChI=1S/C16H22N2OS/c1-13-7-8-14(6-5-9-17)12-15(13)16(19)18-10-3-4-11-20-2/h7-8,12H,3-4,9-11,17H2,1-2H3,(H,18,19). The number of thioether (sulfide) groups is 1. The summed E-state index contributed by atoms with van der Waals surface area (Å²) in [6.45, 7) is 2.98. The van der Waals surface area contributed by atoms with Gasteiger partial charge in [-0.05, 0) is 49.5 Å². The molecule has 0 aliphatic heterocycles. The zero-order chi connectivity index (χ0) is 14.8. The molecule has 0 aliphatic rings. The minimum absolute atomic E-state index is 0.0250. The zero-order valence-electron chi connectivity index (χ0n) is 12.2. The van der Waals surface area contributed by atoms with Gasteiger partial charge >= 0.3 is 0 Å². The highest BCUT2D eigenvalue weighted by atomic mass is 32.2. The van der Waals surface area contributed by atoms with Crippen LogP contribution >= 0.6 is 11.8 Å². The van der Waals surface area contributed by atoms with Gasteiger partial charge in [0.1, 0.15) is 0 Å².